The smallest absolute Gasteiger partial charge is 0.190 e. The van der Waals surface area contributed by atoms with Gasteiger partial charge in [0, 0.05) is 0 Å². The third-order valence-corrected chi connectivity index (χ3v) is 10.6. The largest absolute Gasteiger partial charge is 0.374 e. The van der Waals surface area contributed by atoms with Crippen molar-refractivity contribution in [3.8, 4) is 0 Å². The molecule has 8 rings (SSSR count). The van der Waals surface area contributed by atoms with Crippen molar-refractivity contribution in [1.29, 1.82) is 0 Å². The molecular formula is C46H54O11. The van der Waals surface area contributed by atoms with E-state index in [1.807, 2.05) is 149 Å². The summed E-state index contributed by atoms with van der Waals surface area (Å²) >= 11 is 0. The highest BCUT2D eigenvalue weighted by atomic mass is 16.9. The van der Waals surface area contributed by atoms with E-state index in [4.69, 9.17) is 52.1 Å². The van der Waals surface area contributed by atoms with Crippen LogP contribution in [0.1, 0.15) is 49.9 Å². The summed E-state index contributed by atoms with van der Waals surface area (Å²) in [6.45, 7) is 9.30. The fourth-order valence-corrected chi connectivity index (χ4v) is 7.85. The van der Waals surface area contributed by atoms with Crippen LogP contribution in [0.15, 0.2) is 121 Å². The monoisotopic (exact) mass is 782 g/mol. The van der Waals surface area contributed by atoms with E-state index in [0.29, 0.717) is 26.4 Å². The van der Waals surface area contributed by atoms with E-state index in [2.05, 4.69) is 0 Å². The van der Waals surface area contributed by atoms with E-state index in [1.165, 1.54) is 0 Å². The van der Waals surface area contributed by atoms with Crippen molar-refractivity contribution in [3.63, 3.8) is 0 Å². The van der Waals surface area contributed by atoms with E-state index < -0.39 is 73.0 Å². The first-order valence-corrected chi connectivity index (χ1v) is 19.9. The lowest BCUT2D eigenvalue weighted by atomic mass is 9.97. The van der Waals surface area contributed by atoms with Crippen molar-refractivity contribution in [3.05, 3.63) is 144 Å². The average molecular weight is 783 g/mol. The minimum Gasteiger partial charge on any atom is -0.374 e. The molecule has 11 heteroatoms. The minimum absolute atomic E-state index is 0.196. The van der Waals surface area contributed by atoms with Crippen LogP contribution < -0.4 is 0 Å². The molecule has 4 aromatic rings. The maximum absolute atomic E-state index is 7.14. The van der Waals surface area contributed by atoms with Gasteiger partial charge in [0.25, 0.3) is 0 Å². The third kappa shape index (κ3) is 10.2. The predicted molar refractivity (Wildman–Crippen MR) is 208 cm³/mol. The minimum atomic E-state index is -0.978. The molecule has 4 saturated heterocycles. The SMILES string of the molecule is CC1(C)O[C@H]2O[C@H]([C@H]3COC(C)(C)O3)[C@H](O[C@@H]3O[C@H](COCc4ccccc4)[C@@H](OCc4ccccc4)[C@H](OCc4ccccc4)[C@@H]3OCc3ccccc3)[C@H]2O1. The number of benzene rings is 4. The van der Waals surface area contributed by atoms with E-state index in [-0.39, 0.29) is 13.2 Å². The Hall–Kier alpha value is -3.56. The van der Waals surface area contributed by atoms with Crippen LogP contribution in [0.4, 0.5) is 0 Å². The van der Waals surface area contributed by atoms with E-state index >= 15 is 0 Å². The van der Waals surface area contributed by atoms with Gasteiger partial charge in [-0.15, -0.1) is 0 Å². The van der Waals surface area contributed by atoms with Crippen LogP contribution in [-0.2, 0) is 78.5 Å². The van der Waals surface area contributed by atoms with Gasteiger partial charge in [-0.25, -0.2) is 0 Å². The highest BCUT2D eigenvalue weighted by Gasteiger charge is 2.61. The molecule has 4 aliphatic heterocycles. The van der Waals surface area contributed by atoms with E-state index in [1.54, 1.807) is 0 Å². The van der Waals surface area contributed by atoms with E-state index in [0.717, 1.165) is 22.3 Å². The Bertz CT molecular complexity index is 1810. The molecule has 304 valence electrons. The van der Waals surface area contributed by atoms with Gasteiger partial charge in [0.15, 0.2) is 24.2 Å². The van der Waals surface area contributed by atoms with Crippen molar-refractivity contribution in [1.82, 2.24) is 0 Å². The lowest BCUT2D eigenvalue weighted by Crippen LogP contribution is -2.63. The van der Waals surface area contributed by atoms with Crippen LogP contribution in [0.2, 0.25) is 0 Å². The van der Waals surface area contributed by atoms with Crippen molar-refractivity contribution in [2.75, 3.05) is 13.2 Å². The van der Waals surface area contributed by atoms with Crippen LogP contribution in [0.25, 0.3) is 0 Å². The Balaban J connectivity index is 1.14. The van der Waals surface area contributed by atoms with Gasteiger partial charge >= 0.3 is 0 Å². The average Bonchev–Trinajstić information content (AvgIpc) is 3.85. The van der Waals surface area contributed by atoms with Gasteiger partial charge in [-0.2, -0.15) is 0 Å². The normalized spacial score (nSPS) is 31.6. The van der Waals surface area contributed by atoms with Crippen molar-refractivity contribution < 1.29 is 52.1 Å². The first-order chi connectivity index (χ1) is 27.7. The zero-order valence-electron chi connectivity index (χ0n) is 33.1. The predicted octanol–water partition coefficient (Wildman–Crippen LogP) is 7.10. The molecular weight excluding hydrogens is 728 g/mol. The quantitative estimate of drug-likeness (QED) is 0.116. The zero-order valence-corrected chi connectivity index (χ0v) is 33.1. The molecule has 0 unspecified atom stereocenters. The second kappa shape index (κ2) is 18.1. The molecule has 0 radical (unpaired) electrons. The summed E-state index contributed by atoms with van der Waals surface area (Å²) in [4.78, 5) is 0. The molecule has 0 spiro atoms. The molecule has 0 bridgehead atoms. The molecule has 0 N–H and O–H groups in total. The highest BCUT2D eigenvalue weighted by Crippen LogP contribution is 2.44. The van der Waals surface area contributed by atoms with Crippen LogP contribution >= 0.6 is 0 Å². The molecule has 4 aromatic carbocycles. The van der Waals surface area contributed by atoms with Gasteiger partial charge in [0.1, 0.15) is 48.8 Å². The summed E-state index contributed by atoms with van der Waals surface area (Å²) in [6, 6.07) is 40.2. The summed E-state index contributed by atoms with van der Waals surface area (Å²) in [5, 5.41) is 0. The molecule has 10 atom stereocenters. The van der Waals surface area contributed by atoms with Crippen molar-refractivity contribution in [2.45, 2.75) is 127 Å². The molecule has 57 heavy (non-hydrogen) atoms. The zero-order chi connectivity index (χ0) is 39.2. The van der Waals surface area contributed by atoms with Gasteiger partial charge < -0.3 is 52.1 Å². The Kier molecular flexibility index (Phi) is 12.8. The summed E-state index contributed by atoms with van der Waals surface area (Å²) in [7, 11) is 0. The number of hydrogen-bond acceptors (Lipinski definition) is 11. The molecule has 11 nitrogen and oxygen atoms in total. The van der Waals surface area contributed by atoms with Crippen LogP contribution in [0.5, 0.6) is 0 Å². The molecule has 0 saturated carbocycles. The third-order valence-electron chi connectivity index (χ3n) is 10.6. The summed E-state index contributed by atoms with van der Waals surface area (Å²) in [6.07, 6.45) is -6.67. The fourth-order valence-electron chi connectivity index (χ4n) is 7.85. The number of hydrogen-bond donors (Lipinski definition) is 0. The number of rotatable bonds is 16. The van der Waals surface area contributed by atoms with Crippen LogP contribution in [0.3, 0.4) is 0 Å². The lowest BCUT2D eigenvalue weighted by molar-refractivity contribution is -0.345. The Morgan fingerprint density at radius 1 is 0.509 bits per heavy atom. The van der Waals surface area contributed by atoms with E-state index in [9.17, 15) is 0 Å². The van der Waals surface area contributed by atoms with Crippen LogP contribution in [0, 0.1) is 0 Å². The molecule has 4 aliphatic rings. The number of fused-ring (bicyclic) bond motifs is 1. The molecule has 0 aromatic heterocycles. The first-order valence-electron chi connectivity index (χ1n) is 19.9. The lowest BCUT2D eigenvalue weighted by Gasteiger charge is -2.47. The standard InChI is InChI=1S/C46H54O11/c1-45(2)51-30-36(55-45)38-40(42-44(53-38)57-46(3,4)56-42)54-43-41(50-28-34-23-15-8-16-24-34)39(49-27-33-21-13-7-14-22-33)37(48-26-32-19-11-6-12-20-32)35(52-43)29-47-25-31-17-9-5-10-18-31/h5-24,35-44H,25-30H2,1-4H3/t35-,36-,37-,38-,39+,40+,41+,42-,43+,44-/m1/s1. The molecule has 4 heterocycles. The van der Waals surface area contributed by atoms with Crippen molar-refractivity contribution >= 4 is 0 Å². The van der Waals surface area contributed by atoms with Gasteiger partial charge in [0.2, 0.25) is 0 Å². The van der Waals surface area contributed by atoms with Crippen molar-refractivity contribution in [2.24, 2.45) is 0 Å². The molecule has 0 aliphatic carbocycles. The Morgan fingerprint density at radius 3 is 1.54 bits per heavy atom. The topological polar surface area (TPSA) is 102 Å². The Labute approximate surface area is 335 Å². The van der Waals surface area contributed by atoms with Gasteiger partial charge in [0.05, 0.1) is 39.6 Å². The highest BCUT2D eigenvalue weighted by molar-refractivity contribution is 5.16. The first kappa shape index (κ1) is 40.2. The second-order valence-electron chi connectivity index (χ2n) is 15.9. The van der Waals surface area contributed by atoms with Gasteiger partial charge in [-0.1, -0.05) is 121 Å². The maximum atomic E-state index is 7.14. The second-order valence-corrected chi connectivity index (χ2v) is 15.9. The van der Waals surface area contributed by atoms with Gasteiger partial charge in [-0.05, 0) is 49.9 Å². The summed E-state index contributed by atoms with van der Waals surface area (Å²) in [5.41, 5.74) is 4.06. The fraction of sp³-hybridized carbons (Fsp3) is 0.478. The maximum Gasteiger partial charge on any atom is 0.190 e. The number of ether oxygens (including phenoxy) is 11. The Morgan fingerprint density at radius 2 is 1.02 bits per heavy atom. The molecule has 4 fully saturated rings. The van der Waals surface area contributed by atoms with Crippen LogP contribution in [-0.4, -0.2) is 86.2 Å². The molecule has 0 amide bonds. The summed E-state index contributed by atoms with van der Waals surface area (Å²) in [5.74, 6) is -1.68. The summed E-state index contributed by atoms with van der Waals surface area (Å²) < 4.78 is 72.8. The van der Waals surface area contributed by atoms with Gasteiger partial charge in [-0.3, -0.25) is 0 Å².